The van der Waals surface area contributed by atoms with Crippen LogP contribution in [0, 0.1) is 5.92 Å². The van der Waals surface area contributed by atoms with Crippen molar-refractivity contribution >= 4 is 0 Å². The van der Waals surface area contributed by atoms with Crippen LogP contribution in [0.25, 0.3) is 0 Å². The fourth-order valence-electron chi connectivity index (χ4n) is 4.38. The van der Waals surface area contributed by atoms with Crippen molar-refractivity contribution in [1.29, 1.82) is 0 Å². The van der Waals surface area contributed by atoms with Gasteiger partial charge in [-0.3, -0.25) is 9.69 Å². The summed E-state index contributed by atoms with van der Waals surface area (Å²) < 4.78 is 12.8. The lowest BCUT2D eigenvalue weighted by atomic mass is 9.83. The number of ether oxygens (including phenoxy) is 2. The van der Waals surface area contributed by atoms with Gasteiger partial charge in [0.25, 0.3) is 5.56 Å². The summed E-state index contributed by atoms with van der Waals surface area (Å²) in [6, 6.07) is 13.0. The Balaban J connectivity index is 1.34. The van der Waals surface area contributed by atoms with Crippen LogP contribution in [0.2, 0.25) is 0 Å². The molecule has 2 aromatic rings. The topological polar surface area (TPSA) is 63.9 Å². The number of aromatic nitrogens is 1. The molecule has 3 heterocycles. The molecule has 2 aliphatic heterocycles. The number of benzene rings is 1. The van der Waals surface area contributed by atoms with Crippen LogP contribution >= 0.6 is 0 Å². The SMILES string of the molecule is COc1cccc(OCC(O)CN2CC3C[C@H](C2)c2cccc(=O)n2C3)c1. The van der Waals surface area contributed by atoms with Crippen LogP contribution in [0.3, 0.4) is 0 Å². The van der Waals surface area contributed by atoms with Gasteiger partial charge in [-0.2, -0.15) is 0 Å². The first-order chi connectivity index (χ1) is 13.1. The summed E-state index contributed by atoms with van der Waals surface area (Å²) in [6.45, 7) is 3.38. The quantitative estimate of drug-likeness (QED) is 0.839. The molecule has 6 nitrogen and oxygen atoms in total. The third kappa shape index (κ3) is 4.01. The smallest absolute Gasteiger partial charge is 0.250 e. The molecule has 3 atom stereocenters. The molecule has 1 fully saturated rings. The fraction of sp³-hybridized carbons (Fsp3) is 0.476. The predicted octanol–water partition coefficient (Wildman–Crippen LogP) is 1.72. The normalized spacial score (nSPS) is 22.7. The second kappa shape index (κ2) is 7.74. The van der Waals surface area contributed by atoms with Gasteiger partial charge in [0.05, 0.1) is 7.11 Å². The van der Waals surface area contributed by atoms with Crippen LogP contribution in [0.5, 0.6) is 11.5 Å². The lowest BCUT2D eigenvalue weighted by Gasteiger charge is -2.43. The van der Waals surface area contributed by atoms with Gasteiger partial charge < -0.3 is 19.1 Å². The maximum absolute atomic E-state index is 12.1. The van der Waals surface area contributed by atoms with Gasteiger partial charge in [0.15, 0.2) is 0 Å². The Bertz CT molecular complexity index is 850. The van der Waals surface area contributed by atoms with Crippen LogP contribution in [0.15, 0.2) is 47.3 Å². The van der Waals surface area contributed by atoms with Crippen LogP contribution in [-0.4, -0.2) is 54.0 Å². The molecular weight excluding hydrogens is 344 g/mol. The van der Waals surface area contributed by atoms with E-state index in [1.54, 1.807) is 13.2 Å². The van der Waals surface area contributed by atoms with Gasteiger partial charge in [0.2, 0.25) is 0 Å². The molecule has 0 aliphatic carbocycles. The van der Waals surface area contributed by atoms with E-state index in [1.165, 1.54) is 0 Å². The summed E-state index contributed by atoms with van der Waals surface area (Å²) in [5, 5.41) is 10.4. The minimum atomic E-state index is -0.562. The molecule has 2 bridgehead atoms. The number of piperidine rings is 1. The average molecular weight is 370 g/mol. The number of hydrogen-bond donors (Lipinski definition) is 1. The number of nitrogens with zero attached hydrogens (tertiary/aromatic N) is 2. The fourth-order valence-corrected chi connectivity index (χ4v) is 4.38. The van der Waals surface area contributed by atoms with Gasteiger partial charge in [-0.25, -0.2) is 0 Å². The molecule has 0 saturated carbocycles. The van der Waals surface area contributed by atoms with E-state index in [9.17, 15) is 9.90 Å². The molecule has 2 aliphatic rings. The summed E-state index contributed by atoms with van der Waals surface area (Å²) in [6.07, 6.45) is 0.559. The number of rotatable bonds is 6. The molecule has 1 N–H and O–H groups in total. The van der Waals surface area contributed by atoms with E-state index in [0.29, 0.717) is 24.1 Å². The third-order valence-corrected chi connectivity index (χ3v) is 5.51. The maximum Gasteiger partial charge on any atom is 0.250 e. The van der Waals surface area contributed by atoms with Crippen LogP contribution in [0.1, 0.15) is 18.0 Å². The lowest BCUT2D eigenvalue weighted by Crippen LogP contribution is -2.49. The molecule has 1 aromatic carbocycles. The number of methoxy groups -OCH3 is 1. The second-order valence-corrected chi connectivity index (χ2v) is 7.56. The van der Waals surface area contributed by atoms with Gasteiger partial charge in [-0.05, 0) is 30.5 Å². The molecule has 0 amide bonds. The first kappa shape index (κ1) is 18.1. The Morgan fingerprint density at radius 3 is 2.81 bits per heavy atom. The third-order valence-electron chi connectivity index (χ3n) is 5.51. The minimum Gasteiger partial charge on any atom is -0.497 e. The highest BCUT2D eigenvalue weighted by molar-refractivity contribution is 5.32. The number of pyridine rings is 1. The van der Waals surface area contributed by atoms with E-state index in [4.69, 9.17) is 9.47 Å². The van der Waals surface area contributed by atoms with Gasteiger partial charge in [0.1, 0.15) is 24.2 Å². The van der Waals surface area contributed by atoms with Gasteiger partial charge in [-0.15, -0.1) is 0 Å². The van der Waals surface area contributed by atoms with Crippen LogP contribution in [0.4, 0.5) is 0 Å². The zero-order chi connectivity index (χ0) is 18.8. The van der Waals surface area contributed by atoms with Crippen molar-refractivity contribution in [2.75, 3.05) is 33.4 Å². The number of β-amino-alcohol motifs (C(OH)–C–C–N with tert-alkyl or cyclic N) is 1. The van der Waals surface area contributed by atoms with E-state index in [0.717, 1.165) is 37.5 Å². The second-order valence-electron chi connectivity index (χ2n) is 7.56. The zero-order valence-electron chi connectivity index (χ0n) is 15.6. The molecule has 2 unspecified atom stereocenters. The number of likely N-dealkylation sites (tertiary alicyclic amines) is 1. The molecule has 6 heteroatoms. The van der Waals surface area contributed by atoms with E-state index >= 15 is 0 Å². The molecule has 0 radical (unpaired) electrons. The minimum absolute atomic E-state index is 0.0994. The van der Waals surface area contributed by atoms with Crippen LogP contribution in [-0.2, 0) is 6.54 Å². The monoisotopic (exact) mass is 370 g/mol. The van der Waals surface area contributed by atoms with Gasteiger partial charge in [-0.1, -0.05) is 12.1 Å². The van der Waals surface area contributed by atoms with E-state index in [1.807, 2.05) is 34.9 Å². The molecule has 1 saturated heterocycles. The maximum atomic E-state index is 12.1. The van der Waals surface area contributed by atoms with Crippen molar-refractivity contribution in [3.8, 4) is 11.5 Å². The Kier molecular flexibility index (Phi) is 5.18. The largest absolute Gasteiger partial charge is 0.497 e. The highest BCUT2D eigenvalue weighted by Crippen LogP contribution is 2.34. The van der Waals surface area contributed by atoms with E-state index in [-0.39, 0.29) is 12.2 Å². The first-order valence-corrected chi connectivity index (χ1v) is 9.49. The van der Waals surface area contributed by atoms with Gasteiger partial charge >= 0.3 is 0 Å². The van der Waals surface area contributed by atoms with Gasteiger partial charge in [0, 0.05) is 49.9 Å². The van der Waals surface area contributed by atoms with E-state index in [2.05, 4.69) is 11.0 Å². The van der Waals surface area contributed by atoms with Crippen LogP contribution < -0.4 is 15.0 Å². The zero-order valence-corrected chi connectivity index (χ0v) is 15.6. The molecule has 0 spiro atoms. The summed E-state index contributed by atoms with van der Waals surface area (Å²) in [4.78, 5) is 14.4. The highest BCUT2D eigenvalue weighted by Gasteiger charge is 2.34. The Morgan fingerprint density at radius 2 is 1.96 bits per heavy atom. The lowest BCUT2D eigenvalue weighted by molar-refractivity contribution is 0.0383. The molecule has 27 heavy (non-hydrogen) atoms. The molecule has 144 valence electrons. The predicted molar refractivity (Wildman–Crippen MR) is 102 cm³/mol. The van der Waals surface area contributed by atoms with Crippen molar-refractivity contribution in [3.05, 3.63) is 58.5 Å². The number of aliphatic hydroxyl groups is 1. The summed E-state index contributed by atoms with van der Waals surface area (Å²) in [5.74, 6) is 2.25. The van der Waals surface area contributed by atoms with Crippen molar-refractivity contribution in [1.82, 2.24) is 9.47 Å². The number of aliphatic hydroxyl groups excluding tert-OH is 1. The molecule has 1 aromatic heterocycles. The number of hydrogen-bond acceptors (Lipinski definition) is 5. The first-order valence-electron chi connectivity index (χ1n) is 9.49. The molecular formula is C21H26N2O4. The number of fused-ring (bicyclic) bond motifs is 4. The summed E-state index contributed by atoms with van der Waals surface area (Å²) in [7, 11) is 1.62. The molecule has 4 rings (SSSR count). The van der Waals surface area contributed by atoms with E-state index < -0.39 is 6.10 Å². The Labute approximate surface area is 158 Å². The summed E-state index contributed by atoms with van der Waals surface area (Å²) in [5.41, 5.74) is 1.23. The highest BCUT2D eigenvalue weighted by atomic mass is 16.5. The summed E-state index contributed by atoms with van der Waals surface area (Å²) >= 11 is 0. The Morgan fingerprint density at radius 1 is 1.15 bits per heavy atom. The van der Waals surface area contributed by atoms with Crippen molar-refractivity contribution in [3.63, 3.8) is 0 Å². The van der Waals surface area contributed by atoms with Crippen molar-refractivity contribution in [2.45, 2.75) is 25.0 Å². The van der Waals surface area contributed by atoms with Crippen molar-refractivity contribution in [2.24, 2.45) is 5.92 Å². The van der Waals surface area contributed by atoms with Crippen molar-refractivity contribution < 1.29 is 14.6 Å². The average Bonchev–Trinajstić information content (AvgIpc) is 2.67. The Hall–Kier alpha value is -2.31. The standard InChI is InChI=1S/C21H26N2O4/c1-26-18-4-2-5-19(9-18)27-14-17(24)13-22-10-15-8-16(12-22)20-6-3-7-21(25)23(20)11-15/h2-7,9,15-17,24H,8,10-14H2,1H3/t15?,16-,17?/m1/s1.